The minimum atomic E-state index is -1.32. The second kappa shape index (κ2) is 7.55. The van der Waals surface area contributed by atoms with Crippen molar-refractivity contribution in [3.05, 3.63) is 44.3 Å². The summed E-state index contributed by atoms with van der Waals surface area (Å²) >= 11 is 1.17. The lowest BCUT2D eigenvalue weighted by Crippen LogP contribution is -2.31. The molecule has 29 heavy (non-hydrogen) atoms. The SMILES string of the molecule is CC1(C)C(SC2=CCC(C(=O)O)=C(C(=O)O)C2(C)C)=CCC(C(=O)O)=C1C(=O)O. The standard InChI is InChI=1S/C20H22O8S/c1-19(2)11(7-5-9(15(21)22)13(19)17(25)26)29-12-8-6-10(16(23)24)14(18(27)28)20(12,3)4/h7-8H,5-6H2,1-4H3,(H,21,22)(H,23,24)(H,25,26)(H,27,28). The Hall–Kier alpha value is -2.81. The molecule has 0 amide bonds. The van der Waals surface area contributed by atoms with Crippen molar-refractivity contribution in [2.75, 3.05) is 0 Å². The first-order valence-corrected chi connectivity index (χ1v) is 9.54. The molecule has 0 heterocycles. The molecule has 0 fully saturated rings. The number of carboxylic acid groups (broad SMARTS) is 4. The van der Waals surface area contributed by atoms with Gasteiger partial charge in [-0.15, -0.1) is 0 Å². The topological polar surface area (TPSA) is 149 Å². The van der Waals surface area contributed by atoms with Gasteiger partial charge in [-0.3, -0.25) is 0 Å². The highest BCUT2D eigenvalue weighted by molar-refractivity contribution is 8.06. The van der Waals surface area contributed by atoms with E-state index >= 15 is 0 Å². The lowest BCUT2D eigenvalue weighted by molar-refractivity contribution is -0.136. The molecule has 0 aromatic carbocycles. The second-order valence-electron chi connectivity index (χ2n) is 7.82. The molecule has 8 nitrogen and oxygen atoms in total. The normalized spacial score (nSPS) is 20.7. The Balaban J connectivity index is 2.48. The van der Waals surface area contributed by atoms with E-state index in [-0.39, 0.29) is 35.1 Å². The van der Waals surface area contributed by atoms with E-state index in [2.05, 4.69) is 0 Å². The van der Waals surface area contributed by atoms with E-state index in [4.69, 9.17) is 0 Å². The highest BCUT2D eigenvalue weighted by Crippen LogP contribution is 2.54. The summed E-state index contributed by atoms with van der Waals surface area (Å²) in [6, 6.07) is 0. The fourth-order valence-electron chi connectivity index (χ4n) is 3.74. The van der Waals surface area contributed by atoms with Gasteiger partial charge in [-0.05, 0) is 22.7 Å². The summed E-state index contributed by atoms with van der Waals surface area (Å²) in [4.78, 5) is 47.7. The van der Waals surface area contributed by atoms with E-state index in [1.807, 2.05) is 0 Å². The molecular formula is C20H22O8S. The van der Waals surface area contributed by atoms with Gasteiger partial charge >= 0.3 is 23.9 Å². The molecule has 9 heteroatoms. The van der Waals surface area contributed by atoms with Crippen LogP contribution in [-0.4, -0.2) is 44.3 Å². The van der Waals surface area contributed by atoms with Crippen LogP contribution in [0.3, 0.4) is 0 Å². The van der Waals surface area contributed by atoms with Crippen molar-refractivity contribution in [2.45, 2.75) is 40.5 Å². The van der Waals surface area contributed by atoms with Gasteiger partial charge in [0.15, 0.2) is 0 Å². The molecule has 0 radical (unpaired) electrons. The van der Waals surface area contributed by atoms with E-state index < -0.39 is 34.7 Å². The van der Waals surface area contributed by atoms with Crippen LogP contribution in [0.1, 0.15) is 40.5 Å². The zero-order valence-electron chi connectivity index (χ0n) is 16.4. The summed E-state index contributed by atoms with van der Waals surface area (Å²) in [5.41, 5.74) is -3.07. The fourth-order valence-corrected chi connectivity index (χ4v) is 5.03. The Bertz CT molecular complexity index is 868. The molecule has 2 aliphatic carbocycles. The van der Waals surface area contributed by atoms with Crippen LogP contribution in [0.4, 0.5) is 0 Å². The summed E-state index contributed by atoms with van der Waals surface area (Å²) in [6.07, 6.45) is 3.12. The number of hydrogen-bond acceptors (Lipinski definition) is 5. The van der Waals surface area contributed by atoms with Gasteiger partial charge < -0.3 is 20.4 Å². The maximum absolute atomic E-state index is 11.8. The third-order valence-corrected chi connectivity index (χ3v) is 7.03. The highest BCUT2D eigenvalue weighted by atomic mass is 32.2. The van der Waals surface area contributed by atoms with Crippen LogP contribution in [0.15, 0.2) is 44.3 Å². The summed E-state index contributed by atoms with van der Waals surface area (Å²) in [5.74, 6) is -5.24. The quantitative estimate of drug-likeness (QED) is 0.506. The van der Waals surface area contributed by atoms with E-state index in [9.17, 15) is 39.6 Å². The summed E-state index contributed by atoms with van der Waals surface area (Å²) < 4.78 is 0. The first-order chi connectivity index (χ1) is 13.2. The van der Waals surface area contributed by atoms with Crippen LogP contribution in [0.25, 0.3) is 0 Å². The number of thioether (sulfide) groups is 1. The molecule has 0 unspecified atom stereocenters. The van der Waals surface area contributed by atoms with Gasteiger partial charge in [0.25, 0.3) is 0 Å². The van der Waals surface area contributed by atoms with Gasteiger partial charge in [0, 0.05) is 10.8 Å². The van der Waals surface area contributed by atoms with Crippen molar-refractivity contribution in [2.24, 2.45) is 10.8 Å². The molecule has 0 aromatic rings. The van der Waals surface area contributed by atoms with Gasteiger partial charge in [-0.2, -0.15) is 0 Å². The monoisotopic (exact) mass is 422 g/mol. The van der Waals surface area contributed by atoms with E-state index in [1.54, 1.807) is 39.8 Å². The number of carboxylic acids is 4. The van der Waals surface area contributed by atoms with Gasteiger partial charge in [0.2, 0.25) is 0 Å². The van der Waals surface area contributed by atoms with Crippen LogP contribution in [0, 0.1) is 10.8 Å². The Morgan fingerprint density at radius 2 is 1.00 bits per heavy atom. The molecular weight excluding hydrogens is 400 g/mol. The fraction of sp³-hybridized carbons (Fsp3) is 0.400. The number of hydrogen-bond donors (Lipinski definition) is 4. The highest BCUT2D eigenvalue weighted by Gasteiger charge is 2.44. The van der Waals surface area contributed by atoms with Crippen LogP contribution in [0.2, 0.25) is 0 Å². The summed E-state index contributed by atoms with van der Waals surface area (Å²) in [7, 11) is 0. The second-order valence-corrected chi connectivity index (χ2v) is 8.91. The Morgan fingerprint density at radius 1 is 0.690 bits per heavy atom. The first-order valence-electron chi connectivity index (χ1n) is 8.72. The van der Waals surface area contributed by atoms with Crippen LogP contribution >= 0.6 is 11.8 Å². The summed E-state index contributed by atoms with van der Waals surface area (Å²) in [5, 5.41) is 37.9. The third kappa shape index (κ3) is 3.87. The average molecular weight is 422 g/mol. The van der Waals surface area contributed by atoms with Crippen molar-refractivity contribution in [3.63, 3.8) is 0 Å². The molecule has 0 spiro atoms. The van der Waals surface area contributed by atoms with Crippen molar-refractivity contribution in [1.29, 1.82) is 0 Å². The number of carbonyl (C=O) groups is 4. The molecule has 0 aliphatic heterocycles. The van der Waals surface area contributed by atoms with E-state index in [0.717, 1.165) is 0 Å². The maximum Gasteiger partial charge on any atom is 0.333 e. The lowest BCUT2D eigenvalue weighted by Gasteiger charge is -2.38. The van der Waals surface area contributed by atoms with Gasteiger partial charge in [-0.25, -0.2) is 19.2 Å². The van der Waals surface area contributed by atoms with Crippen molar-refractivity contribution in [1.82, 2.24) is 0 Å². The largest absolute Gasteiger partial charge is 0.478 e. The number of aliphatic carboxylic acids is 4. The third-order valence-electron chi connectivity index (χ3n) is 5.23. The zero-order valence-corrected chi connectivity index (χ0v) is 17.2. The number of allylic oxidation sites excluding steroid dienone is 4. The predicted octanol–water partition coefficient (Wildman–Crippen LogP) is 3.28. The first kappa shape index (κ1) is 22.5. The minimum absolute atomic E-state index is 0.0710. The molecule has 2 aliphatic rings. The van der Waals surface area contributed by atoms with Gasteiger partial charge in [-0.1, -0.05) is 51.6 Å². The molecule has 4 N–H and O–H groups in total. The maximum atomic E-state index is 11.8. The van der Waals surface area contributed by atoms with Gasteiger partial charge in [0.05, 0.1) is 22.3 Å². The molecule has 0 atom stereocenters. The molecule has 0 bridgehead atoms. The Kier molecular flexibility index (Phi) is 5.85. The van der Waals surface area contributed by atoms with E-state index in [1.165, 1.54) is 11.8 Å². The number of rotatable bonds is 6. The smallest absolute Gasteiger partial charge is 0.333 e. The predicted molar refractivity (Wildman–Crippen MR) is 105 cm³/mol. The average Bonchev–Trinajstić information content (AvgIpc) is 2.55. The van der Waals surface area contributed by atoms with E-state index in [0.29, 0.717) is 9.81 Å². The van der Waals surface area contributed by atoms with Crippen molar-refractivity contribution >= 4 is 35.6 Å². The molecule has 2 rings (SSSR count). The van der Waals surface area contributed by atoms with Gasteiger partial charge in [0.1, 0.15) is 0 Å². The zero-order chi connectivity index (χ0) is 22.3. The minimum Gasteiger partial charge on any atom is -0.478 e. The van der Waals surface area contributed by atoms with Crippen LogP contribution in [-0.2, 0) is 19.2 Å². The Morgan fingerprint density at radius 3 is 1.24 bits per heavy atom. The van der Waals surface area contributed by atoms with Crippen LogP contribution in [0.5, 0.6) is 0 Å². The molecule has 0 saturated heterocycles. The van der Waals surface area contributed by atoms with Crippen molar-refractivity contribution in [3.8, 4) is 0 Å². The van der Waals surface area contributed by atoms with Crippen molar-refractivity contribution < 1.29 is 39.6 Å². The summed E-state index contributed by atoms with van der Waals surface area (Å²) in [6.45, 7) is 6.41. The molecule has 0 aromatic heterocycles. The molecule has 0 saturated carbocycles. The Labute approximate surface area is 171 Å². The lowest BCUT2D eigenvalue weighted by atomic mass is 9.76. The van der Waals surface area contributed by atoms with Crippen LogP contribution < -0.4 is 0 Å². The molecule has 156 valence electrons.